The molecule has 0 saturated heterocycles. The van der Waals surface area contributed by atoms with Gasteiger partial charge in [0.05, 0.1) is 5.69 Å². The maximum atomic E-state index is 13.9. The number of amides is 1. The molecule has 0 radical (unpaired) electrons. The molecule has 0 spiro atoms. The third-order valence-corrected chi connectivity index (χ3v) is 6.14. The van der Waals surface area contributed by atoms with Crippen molar-refractivity contribution in [3.63, 3.8) is 0 Å². The van der Waals surface area contributed by atoms with Gasteiger partial charge in [-0.2, -0.15) is 0 Å². The summed E-state index contributed by atoms with van der Waals surface area (Å²) < 4.78 is 19.4. The Bertz CT molecular complexity index is 1150. The summed E-state index contributed by atoms with van der Waals surface area (Å²) in [6.45, 7) is 1.75. The first kappa shape index (κ1) is 20.0. The van der Waals surface area contributed by atoms with Crippen molar-refractivity contribution < 1.29 is 13.7 Å². The maximum absolute atomic E-state index is 13.9. The Kier molecular flexibility index (Phi) is 6.05. The van der Waals surface area contributed by atoms with Crippen molar-refractivity contribution in [2.45, 2.75) is 16.5 Å². The number of benzene rings is 2. The summed E-state index contributed by atoms with van der Waals surface area (Å²) in [5.41, 5.74) is 1.11. The second kappa shape index (κ2) is 9.06. The molecule has 152 valence electrons. The van der Waals surface area contributed by atoms with Crippen LogP contribution < -0.4 is 10.6 Å². The van der Waals surface area contributed by atoms with E-state index in [1.807, 2.05) is 30.3 Å². The van der Waals surface area contributed by atoms with Gasteiger partial charge in [0.25, 0.3) is 0 Å². The molecule has 2 aromatic heterocycles. The fourth-order valence-corrected chi connectivity index (χ4v) is 4.56. The number of carbonyl (C=O) groups excluding carboxylic acids is 1. The summed E-state index contributed by atoms with van der Waals surface area (Å²) in [6.07, 6.45) is 0. The molecule has 0 fully saturated rings. The van der Waals surface area contributed by atoms with Crippen molar-refractivity contribution in [3.05, 3.63) is 77.8 Å². The van der Waals surface area contributed by atoms with Crippen LogP contribution >= 0.6 is 23.1 Å². The van der Waals surface area contributed by atoms with Gasteiger partial charge in [-0.3, -0.25) is 4.79 Å². The Hall–Kier alpha value is -3.24. The molecule has 2 N–H and O–H groups in total. The van der Waals surface area contributed by atoms with Gasteiger partial charge in [0.1, 0.15) is 16.8 Å². The molecule has 1 unspecified atom stereocenters. The number of para-hydroxylation sites is 1. The van der Waals surface area contributed by atoms with E-state index in [-0.39, 0.29) is 11.7 Å². The minimum Gasteiger partial charge on any atom is -0.360 e. The Morgan fingerprint density at radius 3 is 2.63 bits per heavy atom. The van der Waals surface area contributed by atoms with E-state index >= 15 is 0 Å². The van der Waals surface area contributed by atoms with Crippen LogP contribution in [0.5, 0.6) is 0 Å². The van der Waals surface area contributed by atoms with Gasteiger partial charge in [-0.15, -0.1) is 10.2 Å². The molecule has 0 aliphatic rings. The van der Waals surface area contributed by atoms with Gasteiger partial charge >= 0.3 is 0 Å². The second-order valence-corrected chi connectivity index (χ2v) is 8.53. The van der Waals surface area contributed by atoms with Crippen molar-refractivity contribution in [2.24, 2.45) is 0 Å². The van der Waals surface area contributed by atoms with Crippen LogP contribution in [0.4, 0.5) is 21.0 Å². The predicted molar refractivity (Wildman–Crippen MR) is 115 cm³/mol. The van der Waals surface area contributed by atoms with Crippen LogP contribution in [0.15, 0.2) is 69.5 Å². The third-order valence-electron chi connectivity index (χ3n) is 3.96. The highest BCUT2D eigenvalue weighted by Gasteiger charge is 2.25. The van der Waals surface area contributed by atoms with Gasteiger partial charge in [0.15, 0.2) is 10.2 Å². The Morgan fingerprint density at radius 2 is 1.90 bits per heavy atom. The fraction of sp³-hybridized carbons (Fsp3) is 0.100. The van der Waals surface area contributed by atoms with E-state index in [4.69, 9.17) is 4.52 Å². The smallest absolute Gasteiger partial charge is 0.243 e. The molecule has 0 saturated carbocycles. The summed E-state index contributed by atoms with van der Waals surface area (Å²) in [7, 11) is 0. The van der Waals surface area contributed by atoms with Crippen LogP contribution in [0.3, 0.4) is 0 Å². The lowest BCUT2D eigenvalue weighted by Gasteiger charge is -2.14. The van der Waals surface area contributed by atoms with E-state index in [0.29, 0.717) is 26.7 Å². The number of hydrogen-bond acceptors (Lipinski definition) is 8. The molecule has 1 atom stereocenters. The minimum absolute atomic E-state index is 0.265. The van der Waals surface area contributed by atoms with Crippen molar-refractivity contribution in [3.8, 4) is 0 Å². The first-order valence-corrected chi connectivity index (χ1v) is 10.6. The highest BCUT2D eigenvalue weighted by molar-refractivity contribution is 8.02. The molecule has 4 aromatic rings. The highest BCUT2D eigenvalue weighted by atomic mass is 32.2. The Balaban J connectivity index is 1.53. The van der Waals surface area contributed by atoms with Gasteiger partial charge < -0.3 is 15.2 Å². The van der Waals surface area contributed by atoms with Crippen molar-refractivity contribution in [2.75, 3.05) is 10.6 Å². The van der Waals surface area contributed by atoms with Gasteiger partial charge in [-0.1, -0.05) is 70.7 Å². The number of aromatic nitrogens is 3. The lowest BCUT2D eigenvalue weighted by molar-refractivity contribution is -0.115. The zero-order chi connectivity index (χ0) is 20.9. The second-order valence-electron chi connectivity index (χ2n) is 6.20. The topological polar surface area (TPSA) is 92.9 Å². The van der Waals surface area contributed by atoms with E-state index in [2.05, 4.69) is 26.0 Å². The first-order chi connectivity index (χ1) is 14.6. The molecule has 0 aliphatic carbocycles. The SMILES string of the molecule is Cc1cc(NC(=O)C(Sc2nnc(Nc3ccccc3F)s2)c2ccccc2)no1. The van der Waals surface area contributed by atoms with E-state index in [1.165, 1.54) is 29.2 Å². The molecule has 30 heavy (non-hydrogen) atoms. The summed E-state index contributed by atoms with van der Waals surface area (Å²) in [6, 6.07) is 17.3. The lowest BCUT2D eigenvalue weighted by Crippen LogP contribution is -2.19. The average Bonchev–Trinajstić information content (AvgIpc) is 3.37. The summed E-state index contributed by atoms with van der Waals surface area (Å²) in [4.78, 5) is 12.9. The third kappa shape index (κ3) is 4.84. The van der Waals surface area contributed by atoms with E-state index < -0.39 is 5.25 Å². The maximum Gasteiger partial charge on any atom is 0.243 e. The van der Waals surface area contributed by atoms with Crippen LogP contribution in [-0.2, 0) is 4.79 Å². The number of carbonyl (C=O) groups is 1. The van der Waals surface area contributed by atoms with Gasteiger partial charge in [0.2, 0.25) is 11.0 Å². The molecule has 1 amide bonds. The average molecular weight is 442 g/mol. The summed E-state index contributed by atoms with van der Waals surface area (Å²) >= 11 is 2.49. The zero-order valence-electron chi connectivity index (χ0n) is 15.7. The monoisotopic (exact) mass is 441 g/mol. The van der Waals surface area contributed by atoms with Crippen LogP contribution in [0, 0.1) is 12.7 Å². The number of aryl methyl sites for hydroxylation is 1. The summed E-state index contributed by atoms with van der Waals surface area (Å²) in [5.74, 6) is 0.296. The molecular formula is C20H16FN5O2S2. The van der Waals surface area contributed by atoms with Crippen LogP contribution in [-0.4, -0.2) is 21.3 Å². The molecule has 10 heteroatoms. The lowest BCUT2D eigenvalue weighted by atomic mass is 10.1. The number of anilines is 3. The number of hydrogen-bond donors (Lipinski definition) is 2. The Labute approximate surface area is 179 Å². The van der Waals surface area contributed by atoms with Gasteiger partial charge in [0, 0.05) is 6.07 Å². The quantitative estimate of drug-likeness (QED) is 0.381. The number of nitrogens with zero attached hydrogens (tertiary/aromatic N) is 3. The van der Waals surface area contributed by atoms with Crippen molar-refractivity contribution in [1.82, 2.24) is 15.4 Å². The molecule has 0 bridgehead atoms. The van der Waals surface area contributed by atoms with Crippen molar-refractivity contribution >= 4 is 45.6 Å². The minimum atomic E-state index is -0.586. The normalized spacial score (nSPS) is 11.8. The first-order valence-electron chi connectivity index (χ1n) is 8.89. The van der Waals surface area contributed by atoms with Gasteiger partial charge in [-0.05, 0) is 24.6 Å². The molecule has 2 heterocycles. The van der Waals surface area contributed by atoms with E-state index in [0.717, 1.165) is 5.56 Å². The molecule has 4 rings (SSSR count). The number of rotatable bonds is 7. The standard InChI is InChI=1S/C20H16FN5O2S2/c1-12-11-16(26-28-12)23-18(27)17(13-7-3-2-4-8-13)29-20-25-24-19(30-20)22-15-10-6-5-9-14(15)21/h2-11,17H,1H3,(H,22,24)(H,23,26,27). The largest absolute Gasteiger partial charge is 0.360 e. The number of thioether (sulfide) groups is 1. The van der Waals surface area contributed by atoms with Crippen LogP contribution in [0.2, 0.25) is 0 Å². The fourth-order valence-electron chi connectivity index (χ4n) is 2.60. The predicted octanol–water partition coefficient (Wildman–Crippen LogP) is 5.19. The molecule has 0 aliphatic heterocycles. The van der Waals surface area contributed by atoms with Crippen LogP contribution in [0.25, 0.3) is 0 Å². The highest BCUT2D eigenvalue weighted by Crippen LogP contribution is 2.39. The molecular weight excluding hydrogens is 425 g/mol. The van der Waals surface area contributed by atoms with Gasteiger partial charge in [-0.25, -0.2) is 4.39 Å². The zero-order valence-corrected chi connectivity index (χ0v) is 17.3. The van der Waals surface area contributed by atoms with Crippen molar-refractivity contribution in [1.29, 1.82) is 0 Å². The molecule has 2 aromatic carbocycles. The van der Waals surface area contributed by atoms with E-state index in [1.54, 1.807) is 31.2 Å². The summed E-state index contributed by atoms with van der Waals surface area (Å²) in [5, 5.41) is 17.5. The molecule has 7 nitrogen and oxygen atoms in total. The number of halogens is 1. The van der Waals surface area contributed by atoms with E-state index in [9.17, 15) is 9.18 Å². The number of nitrogens with one attached hydrogen (secondary N) is 2. The Morgan fingerprint density at radius 1 is 1.13 bits per heavy atom. The van der Waals surface area contributed by atoms with Crippen LogP contribution in [0.1, 0.15) is 16.6 Å².